The Labute approximate surface area is 165 Å². The minimum absolute atomic E-state index is 0.228. The zero-order valence-electron chi connectivity index (χ0n) is 17.4. The lowest BCUT2D eigenvalue weighted by molar-refractivity contribution is 1.12. The number of aryl methyl sites for hydroxylation is 2. The van der Waals surface area contributed by atoms with Gasteiger partial charge in [-0.3, -0.25) is 0 Å². The Balaban J connectivity index is 0.000000460. The quantitative estimate of drug-likeness (QED) is 0.512. The molecule has 0 aliphatic heterocycles. The third-order valence-corrected chi connectivity index (χ3v) is 3.56. The third-order valence-electron chi connectivity index (χ3n) is 3.56. The van der Waals surface area contributed by atoms with Crippen LogP contribution < -0.4 is 5.73 Å². The van der Waals surface area contributed by atoms with Crippen LogP contribution in [0.15, 0.2) is 77.0 Å². The van der Waals surface area contributed by atoms with Crippen molar-refractivity contribution in [1.82, 2.24) is 0 Å². The molecule has 144 valence electrons. The summed E-state index contributed by atoms with van der Waals surface area (Å²) in [6.07, 6.45) is 5.40. The molecule has 0 fully saturated rings. The standard InChI is InChI=1S/C12H16.C10H11N3.C2H6/c1-4-7-12-10(3)8-6-9-11(12)5-2;1-8(11)13-10(12-2)9-6-4-3-5-7-9;1-2/h4,6-9H,5H2,1-3H3;3-7H,1-2,11H2;1-2H3/b7-4-;13-10-;. The summed E-state index contributed by atoms with van der Waals surface area (Å²) in [6, 6.07) is 16.0. The van der Waals surface area contributed by atoms with E-state index < -0.39 is 0 Å². The van der Waals surface area contributed by atoms with E-state index in [9.17, 15) is 0 Å². The van der Waals surface area contributed by atoms with Crippen LogP contribution in [0, 0.1) is 6.92 Å². The Kier molecular flexibility index (Phi) is 12.7. The van der Waals surface area contributed by atoms with Gasteiger partial charge in [-0.05, 0) is 43.7 Å². The van der Waals surface area contributed by atoms with Crippen molar-refractivity contribution in [3.05, 3.63) is 89.3 Å². The van der Waals surface area contributed by atoms with E-state index >= 15 is 0 Å². The second-order valence-electron chi connectivity index (χ2n) is 5.45. The van der Waals surface area contributed by atoms with Gasteiger partial charge in [0.2, 0.25) is 0 Å². The first-order valence-electron chi connectivity index (χ1n) is 9.29. The van der Waals surface area contributed by atoms with E-state index in [1.54, 1.807) is 0 Å². The summed E-state index contributed by atoms with van der Waals surface area (Å²) < 4.78 is 0. The number of nitrogens with zero attached hydrogens (tertiary/aromatic N) is 2. The third kappa shape index (κ3) is 8.82. The van der Waals surface area contributed by atoms with Crippen LogP contribution in [0.5, 0.6) is 0 Å². The first kappa shape index (κ1) is 24.1. The van der Waals surface area contributed by atoms with Gasteiger partial charge in [0.1, 0.15) is 5.82 Å². The first-order chi connectivity index (χ1) is 13.0. The van der Waals surface area contributed by atoms with Gasteiger partial charge < -0.3 is 5.73 Å². The summed E-state index contributed by atoms with van der Waals surface area (Å²) in [6.45, 7) is 17.3. The molecule has 3 nitrogen and oxygen atoms in total. The van der Waals surface area contributed by atoms with Gasteiger partial charge in [-0.25, -0.2) is 9.98 Å². The summed E-state index contributed by atoms with van der Waals surface area (Å²) in [4.78, 5) is 7.69. The summed E-state index contributed by atoms with van der Waals surface area (Å²) in [5.74, 6) is 0.722. The lowest BCUT2D eigenvalue weighted by Gasteiger charge is -2.05. The molecule has 2 aromatic carbocycles. The minimum atomic E-state index is 0.228. The lowest BCUT2D eigenvalue weighted by Crippen LogP contribution is -2.00. The monoisotopic (exact) mass is 363 g/mol. The molecule has 0 aliphatic rings. The molecule has 0 bridgehead atoms. The van der Waals surface area contributed by atoms with Crippen LogP contribution in [-0.2, 0) is 6.42 Å². The average molecular weight is 364 g/mol. The van der Waals surface area contributed by atoms with E-state index in [0.29, 0.717) is 5.84 Å². The Hall–Kier alpha value is -2.94. The Bertz CT molecular complexity index is 756. The summed E-state index contributed by atoms with van der Waals surface area (Å²) in [5.41, 5.74) is 10.4. The molecular formula is C24H33N3. The molecule has 0 amide bonds. The van der Waals surface area contributed by atoms with Gasteiger partial charge in [0.05, 0.1) is 0 Å². The van der Waals surface area contributed by atoms with E-state index in [4.69, 9.17) is 5.73 Å². The predicted octanol–water partition coefficient (Wildman–Crippen LogP) is 6.18. The Morgan fingerprint density at radius 3 is 2.19 bits per heavy atom. The SMILES string of the molecule is C/C=C\c1c(C)cccc1CC.C=N/C(=N\C(=C)N)c1ccccc1.CC. The highest BCUT2D eigenvalue weighted by Crippen LogP contribution is 2.16. The molecule has 0 atom stereocenters. The van der Waals surface area contributed by atoms with Gasteiger partial charge >= 0.3 is 0 Å². The highest BCUT2D eigenvalue weighted by Gasteiger charge is 1.99. The predicted molar refractivity (Wildman–Crippen MR) is 122 cm³/mol. The van der Waals surface area contributed by atoms with Gasteiger partial charge in [0.25, 0.3) is 0 Å². The molecule has 0 aromatic heterocycles. The van der Waals surface area contributed by atoms with Crippen LogP contribution in [0.2, 0.25) is 0 Å². The van der Waals surface area contributed by atoms with Crippen molar-refractivity contribution in [2.24, 2.45) is 15.7 Å². The molecule has 2 rings (SSSR count). The van der Waals surface area contributed by atoms with E-state index in [2.05, 4.69) is 74.4 Å². The number of amidine groups is 1. The zero-order valence-corrected chi connectivity index (χ0v) is 17.4. The van der Waals surface area contributed by atoms with E-state index in [1.807, 2.05) is 44.2 Å². The fourth-order valence-corrected chi connectivity index (χ4v) is 2.37. The number of hydrogen-bond donors (Lipinski definition) is 1. The molecule has 0 radical (unpaired) electrons. The van der Waals surface area contributed by atoms with Crippen LogP contribution >= 0.6 is 0 Å². The summed E-state index contributed by atoms with van der Waals surface area (Å²) in [5, 5.41) is 0. The molecule has 0 aliphatic carbocycles. The van der Waals surface area contributed by atoms with Crippen molar-refractivity contribution in [2.45, 2.75) is 41.0 Å². The Morgan fingerprint density at radius 2 is 1.70 bits per heavy atom. The van der Waals surface area contributed by atoms with Crippen molar-refractivity contribution >= 4 is 18.6 Å². The van der Waals surface area contributed by atoms with Crippen molar-refractivity contribution < 1.29 is 0 Å². The Morgan fingerprint density at radius 1 is 1.07 bits per heavy atom. The fraction of sp³-hybridized carbons (Fsp3) is 0.250. The topological polar surface area (TPSA) is 50.7 Å². The van der Waals surface area contributed by atoms with Crippen molar-refractivity contribution in [2.75, 3.05) is 0 Å². The van der Waals surface area contributed by atoms with Gasteiger partial charge in [-0.1, -0.05) is 88.0 Å². The second-order valence-corrected chi connectivity index (χ2v) is 5.45. The smallest absolute Gasteiger partial charge is 0.160 e. The lowest BCUT2D eigenvalue weighted by atomic mass is 10.00. The maximum Gasteiger partial charge on any atom is 0.160 e. The maximum atomic E-state index is 5.34. The number of hydrogen-bond acceptors (Lipinski definition) is 2. The molecule has 0 saturated carbocycles. The molecule has 0 saturated heterocycles. The van der Waals surface area contributed by atoms with E-state index in [1.165, 1.54) is 16.7 Å². The molecular weight excluding hydrogens is 330 g/mol. The molecule has 27 heavy (non-hydrogen) atoms. The van der Waals surface area contributed by atoms with E-state index in [0.717, 1.165) is 12.0 Å². The first-order valence-corrected chi connectivity index (χ1v) is 9.29. The summed E-state index contributed by atoms with van der Waals surface area (Å²) >= 11 is 0. The van der Waals surface area contributed by atoms with Crippen molar-refractivity contribution in [3.63, 3.8) is 0 Å². The van der Waals surface area contributed by atoms with Crippen LogP contribution in [0.25, 0.3) is 6.08 Å². The van der Waals surface area contributed by atoms with Gasteiger partial charge in [-0.2, -0.15) is 0 Å². The fourth-order valence-electron chi connectivity index (χ4n) is 2.37. The number of nitrogens with two attached hydrogens (primary N) is 1. The maximum absolute atomic E-state index is 5.34. The van der Waals surface area contributed by atoms with Crippen LogP contribution in [0.4, 0.5) is 0 Å². The highest BCUT2D eigenvalue weighted by molar-refractivity contribution is 6.01. The molecule has 0 heterocycles. The van der Waals surface area contributed by atoms with Crippen molar-refractivity contribution in [3.8, 4) is 0 Å². The highest BCUT2D eigenvalue weighted by atomic mass is 15.0. The van der Waals surface area contributed by atoms with Crippen molar-refractivity contribution in [1.29, 1.82) is 0 Å². The normalized spacial score (nSPS) is 10.3. The number of aliphatic imine (C=N–C) groups is 2. The molecule has 0 spiro atoms. The largest absolute Gasteiger partial charge is 0.384 e. The molecule has 3 heteroatoms. The molecule has 2 aromatic rings. The number of rotatable bonds is 4. The molecule has 0 unspecified atom stereocenters. The van der Waals surface area contributed by atoms with Crippen LogP contribution in [-0.4, -0.2) is 12.6 Å². The molecule has 2 N–H and O–H groups in total. The minimum Gasteiger partial charge on any atom is -0.384 e. The van der Waals surface area contributed by atoms with E-state index in [-0.39, 0.29) is 5.82 Å². The van der Waals surface area contributed by atoms with Crippen LogP contribution in [0.1, 0.15) is 49.9 Å². The van der Waals surface area contributed by atoms with Gasteiger partial charge in [0, 0.05) is 5.56 Å². The number of benzene rings is 2. The summed E-state index contributed by atoms with van der Waals surface area (Å²) in [7, 11) is 0. The van der Waals surface area contributed by atoms with Gasteiger partial charge in [0.15, 0.2) is 5.84 Å². The number of allylic oxidation sites excluding steroid dienone is 1. The average Bonchev–Trinajstić information content (AvgIpc) is 2.70. The zero-order chi connectivity index (χ0) is 20.7. The van der Waals surface area contributed by atoms with Crippen LogP contribution in [0.3, 0.4) is 0 Å². The second kappa shape index (κ2) is 14.3. The van der Waals surface area contributed by atoms with Gasteiger partial charge in [-0.15, -0.1) is 0 Å².